The minimum absolute atomic E-state index is 0. The zero-order valence-corrected chi connectivity index (χ0v) is 19.7. The van der Waals surface area contributed by atoms with E-state index in [0.29, 0.717) is 30.5 Å². The maximum absolute atomic E-state index is 6.04. The van der Waals surface area contributed by atoms with Crippen LogP contribution in [0, 0.1) is 5.92 Å². The fraction of sp³-hybridized carbons (Fsp3) is 0.379. The molecule has 3 saturated heterocycles. The predicted molar refractivity (Wildman–Crippen MR) is 136 cm³/mol. The third-order valence-electron chi connectivity index (χ3n) is 7.48. The van der Waals surface area contributed by atoms with E-state index >= 15 is 0 Å². The van der Waals surface area contributed by atoms with Crippen molar-refractivity contribution in [3.63, 3.8) is 0 Å². The van der Waals surface area contributed by atoms with Crippen molar-refractivity contribution < 1.29 is 10.2 Å². The van der Waals surface area contributed by atoms with E-state index in [2.05, 4.69) is 109 Å². The van der Waals surface area contributed by atoms with Crippen LogP contribution in [-0.4, -0.2) is 49.2 Å². The van der Waals surface area contributed by atoms with Crippen LogP contribution in [0.5, 0.6) is 5.75 Å². The Bertz CT molecular complexity index is 963. The summed E-state index contributed by atoms with van der Waals surface area (Å²) in [4.78, 5) is 5.29. The van der Waals surface area contributed by atoms with Gasteiger partial charge in [-0.1, -0.05) is 72.8 Å². The molecule has 3 aliphatic heterocycles. The Labute approximate surface area is 198 Å². The molecule has 4 heteroatoms. The number of ether oxygens (including phenoxy) is 1. The van der Waals surface area contributed by atoms with Crippen LogP contribution in [0.4, 0.5) is 5.69 Å². The van der Waals surface area contributed by atoms with Gasteiger partial charge in [-0.15, -0.1) is 0 Å². The molecule has 0 aromatic heterocycles. The number of nitrogens with zero attached hydrogens (tertiary/aromatic N) is 2. The number of hydrogen-bond acceptors (Lipinski definition) is 3. The highest BCUT2D eigenvalue weighted by Gasteiger charge is 2.48. The molecule has 0 unspecified atom stereocenters. The van der Waals surface area contributed by atoms with E-state index in [1.807, 2.05) is 0 Å². The summed E-state index contributed by atoms with van der Waals surface area (Å²) in [5.41, 5.74) is 4.03. The molecule has 2 atom stereocenters. The van der Waals surface area contributed by atoms with Crippen LogP contribution in [0.25, 0.3) is 0 Å². The largest absolute Gasteiger partial charge is 0.492 e. The molecule has 0 radical (unpaired) electrons. The van der Waals surface area contributed by atoms with Gasteiger partial charge in [0.05, 0.1) is 12.3 Å². The van der Waals surface area contributed by atoms with E-state index in [0.717, 1.165) is 5.75 Å². The second-order valence-electron chi connectivity index (χ2n) is 9.17. The molecule has 3 heterocycles. The van der Waals surface area contributed by atoms with Gasteiger partial charge in [-0.3, -0.25) is 4.90 Å². The van der Waals surface area contributed by atoms with Crippen molar-refractivity contribution in [2.24, 2.45) is 5.92 Å². The average Bonchev–Trinajstić information content (AvgIpc) is 2.86. The summed E-state index contributed by atoms with van der Waals surface area (Å²) in [5, 5.41) is 0. The van der Waals surface area contributed by atoms with E-state index in [1.54, 1.807) is 0 Å². The predicted octanol–water partition coefficient (Wildman–Crippen LogP) is 4.99. The maximum atomic E-state index is 6.04. The quantitative estimate of drug-likeness (QED) is 0.516. The van der Waals surface area contributed by atoms with E-state index in [1.165, 1.54) is 42.7 Å². The summed E-state index contributed by atoms with van der Waals surface area (Å²) in [5.74, 6) is 2.02. The molecule has 0 aliphatic carbocycles. The molecule has 174 valence electrons. The monoisotopic (exact) mass is 444 g/mol. The molecule has 3 aliphatic rings. The smallest absolute Gasteiger partial charge is 0.142 e. The molecule has 2 bridgehead atoms. The normalized spacial score (nSPS) is 23.7. The summed E-state index contributed by atoms with van der Waals surface area (Å²) < 4.78 is 6.04. The third kappa shape index (κ3) is 4.50. The molecule has 2 N–H and O–H groups in total. The maximum Gasteiger partial charge on any atom is 0.142 e. The SMILES string of the molecule is CCOc1ccccc1N(C)[C@@H]1C2CCN(CC2)[C@@H]1C(c1ccccc1)c1ccccc1.O. The Morgan fingerprint density at radius 2 is 1.39 bits per heavy atom. The van der Waals surface area contributed by atoms with Gasteiger partial charge in [0, 0.05) is 25.0 Å². The van der Waals surface area contributed by atoms with Gasteiger partial charge in [0.15, 0.2) is 0 Å². The van der Waals surface area contributed by atoms with Gasteiger partial charge >= 0.3 is 0 Å². The molecule has 3 aromatic carbocycles. The first-order chi connectivity index (χ1) is 15.8. The van der Waals surface area contributed by atoms with Crippen LogP contribution in [-0.2, 0) is 0 Å². The van der Waals surface area contributed by atoms with Crippen LogP contribution < -0.4 is 9.64 Å². The lowest BCUT2D eigenvalue weighted by atomic mass is 9.70. The van der Waals surface area contributed by atoms with Crippen molar-refractivity contribution in [1.29, 1.82) is 0 Å². The number of hydrogen-bond donors (Lipinski definition) is 0. The van der Waals surface area contributed by atoms with E-state index in [9.17, 15) is 0 Å². The molecule has 6 rings (SSSR count). The van der Waals surface area contributed by atoms with Gasteiger partial charge in [0.1, 0.15) is 5.75 Å². The van der Waals surface area contributed by atoms with Gasteiger partial charge in [0.2, 0.25) is 0 Å². The number of likely N-dealkylation sites (N-methyl/N-ethyl adjacent to an activating group) is 1. The molecule has 0 amide bonds. The molecule has 3 aromatic rings. The van der Waals surface area contributed by atoms with Crippen molar-refractivity contribution in [3.05, 3.63) is 96.1 Å². The number of piperidine rings is 3. The van der Waals surface area contributed by atoms with Crippen LogP contribution in [0.15, 0.2) is 84.9 Å². The zero-order chi connectivity index (χ0) is 21.9. The van der Waals surface area contributed by atoms with Crippen LogP contribution in [0.1, 0.15) is 36.8 Å². The highest BCUT2D eigenvalue weighted by Crippen LogP contribution is 2.45. The number of para-hydroxylation sites is 2. The van der Waals surface area contributed by atoms with Crippen molar-refractivity contribution in [3.8, 4) is 5.75 Å². The van der Waals surface area contributed by atoms with E-state index in [-0.39, 0.29) is 5.48 Å². The van der Waals surface area contributed by atoms with Crippen molar-refractivity contribution in [1.82, 2.24) is 4.90 Å². The van der Waals surface area contributed by atoms with Gasteiger partial charge in [-0.2, -0.15) is 0 Å². The lowest BCUT2D eigenvalue weighted by Crippen LogP contribution is -2.65. The third-order valence-corrected chi connectivity index (χ3v) is 7.48. The Balaban J connectivity index is 0.00000259. The molecule has 33 heavy (non-hydrogen) atoms. The highest BCUT2D eigenvalue weighted by atomic mass is 16.5. The Kier molecular flexibility index (Phi) is 7.36. The van der Waals surface area contributed by atoms with Gasteiger partial charge in [-0.05, 0) is 62.0 Å². The summed E-state index contributed by atoms with van der Waals surface area (Å²) in [7, 11) is 2.28. The second kappa shape index (κ2) is 10.4. The Hall–Kier alpha value is -2.82. The first-order valence-corrected chi connectivity index (χ1v) is 12.1. The topological polar surface area (TPSA) is 47.2 Å². The molecule has 4 nitrogen and oxygen atoms in total. The van der Waals surface area contributed by atoms with Crippen LogP contribution in [0.3, 0.4) is 0 Å². The number of fused-ring (bicyclic) bond motifs is 3. The Morgan fingerprint density at radius 3 is 1.97 bits per heavy atom. The number of rotatable bonds is 7. The zero-order valence-electron chi connectivity index (χ0n) is 19.7. The lowest BCUT2D eigenvalue weighted by molar-refractivity contribution is 0.0185. The van der Waals surface area contributed by atoms with Crippen molar-refractivity contribution >= 4 is 5.69 Å². The molecular formula is C29H36N2O2. The molecule has 3 fully saturated rings. The Morgan fingerprint density at radius 1 is 0.848 bits per heavy atom. The van der Waals surface area contributed by atoms with Crippen molar-refractivity contribution in [2.75, 3.05) is 31.6 Å². The first-order valence-electron chi connectivity index (χ1n) is 12.1. The highest BCUT2D eigenvalue weighted by molar-refractivity contribution is 5.59. The van der Waals surface area contributed by atoms with Crippen LogP contribution in [0.2, 0.25) is 0 Å². The van der Waals surface area contributed by atoms with Crippen molar-refractivity contribution in [2.45, 2.75) is 37.8 Å². The van der Waals surface area contributed by atoms with Gasteiger partial charge in [0.25, 0.3) is 0 Å². The lowest BCUT2D eigenvalue weighted by Gasteiger charge is -2.56. The van der Waals surface area contributed by atoms with Crippen LogP contribution >= 0.6 is 0 Å². The molecule has 0 saturated carbocycles. The summed E-state index contributed by atoms with van der Waals surface area (Å²) in [6.45, 7) is 5.14. The number of benzene rings is 3. The fourth-order valence-electron chi connectivity index (χ4n) is 6.10. The standard InChI is InChI=1S/C29H34N2O.H2O/c1-3-32-26-17-11-10-16-25(26)30(2)28-24-18-20-31(21-19-24)29(28)27(22-12-6-4-7-13-22)23-14-8-5-9-15-23;/h4-17,24,27-29H,3,18-21H2,1-2H3;1H2/t28-,29-;/m1./s1. The minimum Gasteiger partial charge on any atom is -0.492 e. The van der Waals surface area contributed by atoms with Gasteiger partial charge in [-0.25, -0.2) is 0 Å². The number of anilines is 1. The van der Waals surface area contributed by atoms with E-state index in [4.69, 9.17) is 4.74 Å². The molecular weight excluding hydrogens is 408 g/mol. The fourth-order valence-corrected chi connectivity index (χ4v) is 6.10. The first kappa shape index (κ1) is 23.3. The summed E-state index contributed by atoms with van der Waals surface area (Å²) >= 11 is 0. The summed E-state index contributed by atoms with van der Waals surface area (Å²) in [6.07, 6.45) is 2.55. The van der Waals surface area contributed by atoms with Gasteiger partial charge < -0.3 is 15.1 Å². The summed E-state index contributed by atoms with van der Waals surface area (Å²) in [6, 6.07) is 31.6. The average molecular weight is 445 g/mol. The second-order valence-corrected chi connectivity index (χ2v) is 9.17. The molecule has 0 spiro atoms. The minimum atomic E-state index is 0. The van der Waals surface area contributed by atoms with E-state index < -0.39 is 0 Å².